The van der Waals surface area contributed by atoms with Gasteiger partial charge in [-0.05, 0) is 27.7 Å². The van der Waals surface area contributed by atoms with E-state index in [9.17, 15) is 0 Å². The molecule has 4 nitrogen and oxygen atoms in total. The predicted molar refractivity (Wildman–Crippen MR) is 72.4 cm³/mol. The minimum absolute atomic E-state index is 0.519. The Labute approximate surface area is 104 Å². The number of hydrazone groups is 2. The van der Waals surface area contributed by atoms with Crippen LogP contribution in [0, 0.1) is 0 Å². The number of nitrogens with zero attached hydrogens (tertiary/aromatic N) is 4. The average molecular weight is 236 g/mol. The van der Waals surface area contributed by atoms with Crippen LogP contribution in [0.2, 0.25) is 0 Å². The monoisotopic (exact) mass is 236 g/mol. The van der Waals surface area contributed by atoms with Gasteiger partial charge in [-0.1, -0.05) is 0 Å². The SMILES string of the molecule is CC(C)N1CCC(CC2=NN(C(C)C)CC2)=N1. The van der Waals surface area contributed by atoms with Crippen molar-refractivity contribution in [1.29, 1.82) is 0 Å². The molecule has 0 spiro atoms. The highest BCUT2D eigenvalue weighted by Crippen LogP contribution is 2.17. The molecule has 0 N–H and O–H groups in total. The predicted octanol–water partition coefficient (Wildman–Crippen LogP) is 2.32. The Morgan fingerprint density at radius 1 is 0.882 bits per heavy atom. The van der Waals surface area contributed by atoms with Crippen molar-refractivity contribution in [2.75, 3.05) is 13.1 Å². The van der Waals surface area contributed by atoms with Crippen LogP contribution in [0.25, 0.3) is 0 Å². The quantitative estimate of drug-likeness (QED) is 0.750. The van der Waals surface area contributed by atoms with Crippen molar-refractivity contribution in [2.45, 2.75) is 59.0 Å². The molecular weight excluding hydrogens is 212 g/mol. The van der Waals surface area contributed by atoms with Gasteiger partial charge in [0.05, 0.1) is 0 Å². The Morgan fingerprint density at radius 2 is 1.29 bits per heavy atom. The summed E-state index contributed by atoms with van der Waals surface area (Å²) in [5.74, 6) is 0. The topological polar surface area (TPSA) is 31.2 Å². The van der Waals surface area contributed by atoms with Crippen molar-refractivity contribution >= 4 is 11.4 Å². The van der Waals surface area contributed by atoms with Gasteiger partial charge in [0.2, 0.25) is 0 Å². The number of hydrogen-bond donors (Lipinski definition) is 0. The van der Waals surface area contributed by atoms with Crippen LogP contribution in [0.5, 0.6) is 0 Å². The molecule has 0 unspecified atom stereocenters. The third kappa shape index (κ3) is 2.99. The zero-order valence-corrected chi connectivity index (χ0v) is 11.5. The van der Waals surface area contributed by atoms with E-state index in [2.05, 4.69) is 47.9 Å². The van der Waals surface area contributed by atoms with Gasteiger partial charge in [-0.25, -0.2) is 0 Å². The van der Waals surface area contributed by atoms with Crippen LogP contribution in [-0.4, -0.2) is 46.6 Å². The molecule has 0 saturated carbocycles. The Bertz CT molecular complexity index is 298. The molecule has 17 heavy (non-hydrogen) atoms. The molecule has 2 aliphatic heterocycles. The summed E-state index contributed by atoms with van der Waals surface area (Å²) in [6.07, 6.45) is 3.20. The molecule has 2 aliphatic rings. The maximum Gasteiger partial charge on any atom is 0.0455 e. The van der Waals surface area contributed by atoms with Crippen LogP contribution >= 0.6 is 0 Å². The van der Waals surface area contributed by atoms with Gasteiger partial charge in [-0.2, -0.15) is 10.2 Å². The van der Waals surface area contributed by atoms with E-state index in [0.717, 1.165) is 32.4 Å². The zero-order valence-electron chi connectivity index (χ0n) is 11.5. The van der Waals surface area contributed by atoms with E-state index in [1.54, 1.807) is 0 Å². The second-order valence-electron chi connectivity index (χ2n) is 5.52. The Morgan fingerprint density at radius 3 is 1.59 bits per heavy atom. The molecule has 0 fully saturated rings. The largest absolute Gasteiger partial charge is 0.294 e. The first-order valence-electron chi connectivity index (χ1n) is 6.72. The first-order chi connectivity index (χ1) is 8.06. The first kappa shape index (κ1) is 12.4. The van der Waals surface area contributed by atoms with Crippen molar-refractivity contribution in [3.8, 4) is 0 Å². The number of hydrogen-bond acceptors (Lipinski definition) is 4. The molecule has 0 aromatic rings. The Kier molecular flexibility index (Phi) is 3.69. The molecular formula is C13H24N4. The van der Waals surface area contributed by atoms with E-state index in [4.69, 9.17) is 0 Å². The Balaban J connectivity index is 1.91. The maximum absolute atomic E-state index is 4.67. The molecule has 0 radical (unpaired) electrons. The van der Waals surface area contributed by atoms with Gasteiger partial charge in [0, 0.05) is 55.9 Å². The minimum atomic E-state index is 0.519. The zero-order chi connectivity index (χ0) is 12.4. The molecule has 0 atom stereocenters. The van der Waals surface area contributed by atoms with Gasteiger partial charge in [0.15, 0.2) is 0 Å². The molecule has 0 bridgehead atoms. The van der Waals surface area contributed by atoms with Gasteiger partial charge in [-0.3, -0.25) is 10.0 Å². The molecule has 0 saturated heterocycles. The van der Waals surface area contributed by atoms with E-state index in [-0.39, 0.29) is 0 Å². The summed E-state index contributed by atoms with van der Waals surface area (Å²) in [4.78, 5) is 0. The lowest BCUT2D eigenvalue weighted by Crippen LogP contribution is -2.22. The molecule has 0 aromatic carbocycles. The molecule has 0 aromatic heterocycles. The lowest BCUT2D eigenvalue weighted by atomic mass is 10.1. The van der Waals surface area contributed by atoms with E-state index in [1.165, 1.54) is 11.4 Å². The van der Waals surface area contributed by atoms with Crippen LogP contribution in [0.3, 0.4) is 0 Å². The van der Waals surface area contributed by atoms with Gasteiger partial charge in [0.1, 0.15) is 0 Å². The van der Waals surface area contributed by atoms with E-state index < -0.39 is 0 Å². The maximum atomic E-state index is 4.67. The highest BCUT2D eigenvalue weighted by molar-refractivity contribution is 6.05. The van der Waals surface area contributed by atoms with Gasteiger partial charge >= 0.3 is 0 Å². The van der Waals surface area contributed by atoms with Crippen molar-refractivity contribution in [1.82, 2.24) is 10.0 Å². The summed E-state index contributed by atoms with van der Waals surface area (Å²) < 4.78 is 0. The average Bonchev–Trinajstić information content (AvgIpc) is 2.87. The van der Waals surface area contributed by atoms with Crippen LogP contribution in [0.1, 0.15) is 47.0 Å². The van der Waals surface area contributed by atoms with Crippen LogP contribution in [0.15, 0.2) is 10.2 Å². The van der Waals surface area contributed by atoms with Crippen LogP contribution in [0.4, 0.5) is 0 Å². The Hall–Kier alpha value is -1.06. The summed E-state index contributed by atoms with van der Waals surface area (Å²) in [6.45, 7) is 10.9. The summed E-state index contributed by atoms with van der Waals surface area (Å²) in [5.41, 5.74) is 2.62. The first-order valence-corrected chi connectivity index (χ1v) is 6.72. The highest BCUT2D eigenvalue weighted by atomic mass is 15.5. The van der Waals surface area contributed by atoms with E-state index in [0.29, 0.717) is 12.1 Å². The third-order valence-electron chi connectivity index (χ3n) is 3.40. The summed E-state index contributed by atoms with van der Waals surface area (Å²) in [7, 11) is 0. The fourth-order valence-corrected chi connectivity index (χ4v) is 2.28. The molecule has 0 aliphatic carbocycles. The fraction of sp³-hybridized carbons (Fsp3) is 0.846. The van der Waals surface area contributed by atoms with Gasteiger partial charge < -0.3 is 0 Å². The normalized spacial score (nSPS) is 20.6. The molecule has 2 heterocycles. The van der Waals surface area contributed by atoms with Crippen LogP contribution in [-0.2, 0) is 0 Å². The summed E-state index contributed by atoms with van der Waals surface area (Å²) in [6, 6.07) is 1.04. The number of rotatable bonds is 4. The standard InChI is InChI=1S/C13H24N4/c1-10(2)16-7-5-12(14-16)9-13-6-8-17(15-13)11(3)4/h10-11H,5-9H2,1-4H3. The minimum Gasteiger partial charge on any atom is -0.294 e. The van der Waals surface area contributed by atoms with Crippen LogP contribution < -0.4 is 0 Å². The summed E-state index contributed by atoms with van der Waals surface area (Å²) >= 11 is 0. The van der Waals surface area contributed by atoms with Gasteiger partial charge in [0.25, 0.3) is 0 Å². The lowest BCUT2D eigenvalue weighted by Gasteiger charge is -2.17. The second-order valence-corrected chi connectivity index (χ2v) is 5.52. The third-order valence-corrected chi connectivity index (χ3v) is 3.40. The second kappa shape index (κ2) is 5.07. The van der Waals surface area contributed by atoms with Crippen molar-refractivity contribution in [2.24, 2.45) is 10.2 Å². The van der Waals surface area contributed by atoms with E-state index in [1.807, 2.05) is 0 Å². The lowest BCUT2D eigenvalue weighted by molar-refractivity contribution is 0.257. The smallest absolute Gasteiger partial charge is 0.0455 e. The molecule has 96 valence electrons. The molecule has 2 rings (SSSR count). The van der Waals surface area contributed by atoms with E-state index >= 15 is 0 Å². The van der Waals surface area contributed by atoms with Crippen molar-refractivity contribution < 1.29 is 0 Å². The highest BCUT2D eigenvalue weighted by Gasteiger charge is 2.21. The summed E-state index contributed by atoms with van der Waals surface area (Å²) in [5, 5.41) is 13.7. The van der Waals surface area contributed by atoms with Gasteiger partial charge in [-0.15, -0.1) is 0 Å². The van der Waals surface area contributed by atoms with Crippen molar-refractivity contribution in [3.05, 3.63) is 0 Å². The van der Waals surface area contributed by atoms with Crippen molar-refractivity contribution in [3.63, 3.8) is 0 Å². The molecule has 0 amide bonds. The fourth-order valence-electron chi connectivity index (χ4n) is 2.28. The molecule has 4 heteroatoms.